The van der Waals surface area contributed by atoms with E-state index in [1.165, 1.54) is 18.2 Å². The molecule has 6 nitrogen and oxygen atoms in total. The molecule has 0 aromatic heterocycles. The minimum atomic E-state index is -2.97. The molecule has 1 aromatic carbocycles. The molecule has 1 saturated carbocycles. The summed E-state index contributed by atoms with van der Waals surface area (Å²) >= 11 is 0. The molecule has 1 aromatic rings. The molecule has 26 heavy (non-hydrogen) atoms. The fraction of sp³-hybridized carbons (Fsp3) is 0.556. The average molecular weight is 368 g/mol. The van der Waals surface area contributed by atoms with Crippen LogP contribution >= 0.6 is 0 Å². The first-order valence-corrected chi connectivity index (χ1v) is 8.87. The van der Waals surface area contributed by atoms with Gasteiger partial charge in [-0.1, -0.05) is 0 Å². The summed E-state index contributed by atoms with van der Waals surface area (Å²) in [7, 11) is 0. The number of ether oxygens (including phenoxy) is 2. The van der Waals surface area contributed by atoms with Gasteiger partial charge in [-0.05, 0) is 50.7 Å². The Morgan fingerprint density at radius 3 is 2.62 bits per heavy atom. The maximum Gasteiger partial charge on any atom is 0.387 e. The zero-order valence-corrected chi connectivity index (χ0v) is 14.3. The van der Waals surface area contributed by atoms with Gasteiger partial charge in [-0.15, -0.1) is 0 Å². The monoisotopic (exact) mass is 368 g/mol. The fourth-order valence-corrected chi connectivity index (χ4v) is 3.31. The third-order valence-corrected chi connectivity index (χ3v) is 4.62. The van der Waals surface area contributed by atoms with E-state index in [1.54, 1.807) is 0 Å². The number of amides is 2. The van der Waals surface area contributed by atoms with Crippen LogP contribution in [0.1, 0.15) is 38.5 Å². The molecule has 2 fully saturated rings. The molecule has 8 heteroatoms. The Morgan fingerprint density at radius 2 is 1.92 bits per heavy atom. The molecule has 2 aliphatic rings. The van der Waals surface area contributed by atoms with Crippen LogP contribution in [0.2, 0.25) is 0 Å². The fourth-order valence-electron chi connectivity index (χ4n) is 3.31. The number of piperidine rings is 1. The van der Waals surface area contributed by atoms with Gasteiger partial charge in [0.2, 0.25) is 11.8 Å². The molecule has 1 aliphatic heterocycles. The number of alkyl halides is 2. The van der Waals surface area contributed by atoms with Gasteiger partial charge in [0.1, 0.15) is 5.92 Å². The molecule has 1 atom stereocenters. The Bertz CT molecular complexity index is 663. The highest BCUT2D eigenvalue weighted by Gasteiger charge is 2.29. The lowest BCUT2D eigenvalue weighted by Gasteiger charge is -2.22. The van der Waals surface area contributed by atoms with E-state index in [2.05, 4.69) is 15.4 Å². The first-order chi connectivity index (χ1) is 12.5. The molecular formula is C18H22F2N2O4. The van der Waals surface area contributed by atoms with E-state index in [0.717, 1.165) is 32.1 Å². The second-order valence-corrected chi connectivity index (χ2v) is 6.54. The van der Waals surface area contributed by atoms with Gasteiger partial charge in [0.25, 0.3) is 0 Å². The van der Waals surface area contributed by atoms with E-state index in [1.807, 2.05) is 0 Å². The number of halogens is 2. The summed E-state index contributed by atoms with van der Waals surface area (Å²) < 4.78 is 35.6. The number of benzene rings is 1. The second kappa shape index (κ2) is 8.33. The summed E-state index contributed by atoms with van der Waals surface area (Å²) in [5.74, 6) is -1.37. The molecule has 2 N–H and O–H groups in total. The topological polar surface area (TPSA) is 76.7 Å². The smallest absolute Gasteiger partial charge is 0.387 e. The molecule has 1 heterocycles. The van der Waals surface area contributed by atoms with Crippen molar-refractivity contribution < 1.29 is 27.8 Å². The lowest BCUT2D eigenvalue weighted by Crippen LogP contribution is -2.42. The summed E-state index contributed by atoms with van der Waals surface area (Å²) in [4.78, 5) is 24.1. The van der Waals surface area contributed by atoms with E-state index < -0.39 is 18.4 Å². The largest absolute Gasteiger partial charge is 0.486 e. The third-order valence-electron chi connectivity index (χ3n) is 4.62. The molecule has 2 amide bonds. The standard InChI is InChI=1S/C18H22F2N2O4/c19-18(20)26-14-8-7-11(10-15(14)25-12-4-1-2-5-12)22-17(24)13-6-3-9-21-16(13)23/h7-8,10,12-13,18H,1-6,9H2,(H,21,23)(H,22,24)/t13-/m0/s1. The van der Waals surface area contributed by atoms with Gasteiger partial charge in [-0.3, -0.25) is 9.59 Å². The lowest BCUT2D eigenvalue weighted by atomic mass is 9.98. The van der Waals surface area contributed by atoms with E-state index in [0.29, 0.717) is 18.7 Å². The van der Waals surface area contributed by atoms with Gasteiger partial charge >= 0.3 is 6.61 Å². The van der Waals surface area contributed by atoms with Crippen molar-refractivity contribution in [2.45, 2.75) is 51.2 Å². The summed E-state index contributed by atoms with van der Waals surface area (Å²) in [5, 5.41) is 5.33. The van der Waals surface area contributed by atoms with Crippen molar-refractivity contribution >= 4 is 17.5 Å². The zero-order chi connectivity index (χ0) is 18.5. The first kappa shape index (κ1) is 18.4. The summed E-state index contributed by atoms with van der Waals surface area (Å²) in [6.45, 7) is -2.39. The number of nitrogens with one attached hydrogen (secondary N) is 2. The number of rotatable bonds is 6. The van der Waals surface area contributed by atoms with Gasteiger partial charge in [-0.25, -0.2) is 0 Å². The van der Waals surface area contributed by atoms with Crippen molar-refractivity contribution in [3.05, 3.63) is 18.2 Å². The van der Waals surface area contributed by atoms with Crippen LogP contribution in [-0.4, -0.2) is 31.1 Å². The molecule has 0 spiro atoms. The maximum absolute atomic E-state index is 12.6. The van der Waals surface area contributed by atoms with Crippen LogP contribution in [0.25, 0.3) is 0 Å². The van der Waals surface area contributed by atoms with Crippen molar-refractivity contribution in [1.82, 2.24) is 5.32 Å². The average Bonchev–Trinajstić information content (AvgIpc) is 3.10. The van der Waals surface area contributed by atoms with Crippen LogP contribution in [0.15, 0.2) is 18.2 Å². The van der Waals surface area contributed by atoms with E-state index in [9.17, 15) is 18.4 Å². The first-order valence-electron chi connectivity index (χ1n) is 8.87. The van der Waals surface area contributed by atoms with Gasteiger partial charge in [0.05, 0.1) is 6.10 Å². The molecular weight excluding hydrogens is 346 g/mol. The van der Waals surface area contributed by atoms with Gasteiger partial charge < -0.3 is 20.1 Å². The molecule has 0 unspecified atom stereocenters. The van der Waals surface area contributed by atoms with Gasteiger partial charge in [0.15, 0.2) is 11.5 Å². The highest BCUT2D eigenvalue weighted by molar-refractivity contribution is 6.06. The Hall–Kier alpha value is -2.38. The van der Waals surface area contributed by atoms with Crippen LogP contribution in [0.3, 0.4) is 0 Å². The third kappa shape index (κ3) is 4.62. The van der Waals surface area contributed by atoms with Crippen LogP contribution in [0, 0.1) is 5.92 Å². The second-order valence-electron chi connectivity index (χ2n) is 6.54. The number of hydrogen-bond acceptors (Lipinski definition) is 4. The SMILES string of the molecule is O=C1NCCC[C@@H]1C(=O)Nc1ccc(OC(F)F)c(OC2CCCC2)c1. The number of carbonyl (C=O) groups is 2. The Kier molecular flexibility index (Phi) is 5.90. The Morgan fingerprint density at radius 1 is 1.15 bits per heavy atom. The Labute approximate surface area is 150 Å². The lowest BCUT2D eigenvalue weighted by molar-refractivity contribution is -0.134. The minimum absolute atomic E-state index is 0.0508. The normalized spacial score (nSPS) is 20.7. The molecule has 0 bridgehead atoms. The van der Waals surface area contributed by atoms with Crippen molar-refractivity contribution in [2.24, 2.45) is 5.92 Å². The van der Waals surface area contributed by atoms with Crippen LogP contribution in [0.5, 0.6) is 11.5 Å². The van der Waals surface area contributed by atoms with Crippen LogP contribution in [0.4, 0.5) is 14.5 Å². The predicted molar refractivity (Wildman–Crippen MR) is 90.3 cm³/mol. The molecule has 142 valence electrons. The number of carbonyl (C=O) groups excluding carboxylic acids is 2. The van der Waals surface area contributed by atoms with Crippen molar-refractivity contribution in [3.8, 4) is 11.5 Å². The van der Waals surface area contributed by atoms with E-state index >= 15 is 0 Å². The van der Waals surface area contributed by atoms with Crippen LogP contribution in [-0.2, 0) is 9.59 Å². The minimum Gasteiger partial charge on any atom is -0.486 e. The van der Waals surface area contributed by atoms with Crippen LogP contribution < -0.4 is 20.1 Å². The highest BCUT2D eigenvalue weighted by Crippen LogP contribution is 2.35. The zero-order valence-electron chi connectivity index (χ0n) is 14.3. The van der Waals surface area contributed by atoms with E-state index in [4.69, 9.17) is 4.74 Å². The number of hydrogen-bond donors (Lipinski definition) is 2. The maximum atomic E-state index is 12.6. The van der Waals surface area contributed by atoms with Gasteiger partial charge in [-0.2, -0.15) is 8.78 Å². The quantitative estimate of drug-likeness (QED) is 0.757. The molecule has 1 aliphatic carbocycles. The summed E-state index contributed by atoms with van der Waals surface area (Å²) in [6.07, 6.45) is 4.94. The molecule has 0 radical (unpaired) electrons. The highest BCUT2D eigenvalue weighted by atomic mass is 19.3. The van der Waals surface area contributed by atoms with Gasteiger partial charge in [0, 0.05) is 18.3 Å². The summed E-state index contributed by atoms with van der Waals surface area (Å²) in [5.41, 5.74) is 0.378. The van der Waals surface area contributed by atoms with Crippen molar-refractivity contribution in [2.75, 3.05) is 11.9 Å². The Balaban J connectivity index is 1.74. The van der Waals surface area contributed by atoms with Crippen molar-refractivity contribution in [1.29, 1.82) is 0 Å². The molecule has 3 rings (SSSR count). The molecule has 1 saturated heterocycles. The van der Waals surface area contributed by atoms with E-state index in [-0.39, 0.29) is 23.5 Å². The number of anilines is 1. The predicted octanol–water partition coefficient (Wildman–Crippen LogP) is 3.07. The summed E-state index contributed by atoms with van der Waals surface area (Å²) in [6, 6.07) is 4.26. The van der Waals surface area contributed by atoms with Crippen molar-refractivity contribution in [3.63, 3.8) is 0 Å².